The molecule has 1 rings (SSSR count). The molecule has 5 nitrogen and oxygen atoms in total. The average molecular weight is 213 g/mol. The lowest BCUT2D eigenvalue weighted by Gasteiger charge is -1.90. The molecule has 0 radical (unpaired) electrons. The van der Waals surface area contributed by atoms with Crippen LogP contribution in [-0.2, 0) is 9.53 Å². The van der Waals surface area contributed by atoms with Crippen molar-refractivity contribution in [2.45, 2.75) is 0 Å². The van der Waals surface area contributed by atoms with E-state index in [0.717, 1.165) is 6.08 Å². The first-order valence-electron chi connectivity index (χ1n) is 3.58. The van der Waals surface area contributed by atoms with Gasteiger partial charge in [-0.3, -0.25) is 0 Å². The first-order valence-corrected chi connectivity index (χ1v) is 4.46. The van der Waals surface area contributed by atoms with Crippen molar-refractivity contribution in [3.8, 4) is 0 Å². The maximum absolute atomic E-state index is 10.9. The van der Waals surface area contributed by atoms with Crippen LogP contribution in [0.2, 0.25) is 0 Å². The highest BCUT2D eigenvalue weighted by Crippen LogP contribution is 2.11. The Morgan fingerprint density at radius 1 is 1.64 bits per heavy atom. The van der Waals surface area contributed by atoms with Gasteiger partial charge in [0.25, 0.3) is 0 Å². The zero-order chi connectivity index (χ0) is 10.6. The number of carboxylic acid groups (broad SMARTS) is 1. The molecule has 0 bridgehead atoms. The van der Waals surface area contributed by atoms with Crippen LogP contribution in [0.4, 0.5) is 0 Å². The van der Waals surface area contributed by atoms with Crippen molar-refractivity contribution in [3.05, 3.63) is 22.2 Å². The molecule has 0 aliphatic heterocycles. The number of carboxylic acids is 1. The monoisotopic (exact) mass is 213 g/mol. The molecule has 1 aromatic rings. The van der Waals surface area contributed by atoms with Crippen molar-refractivity contribution < 1.29 is 19.4 Å². The third-order valence-electron chi connectivity index (χ3n) is 1.28. The molecule has 0 saturated carbocycles. The van der Waals surface area contributed by atoms with Gasteiger partial charge in [-0.25, -0.2) is 14.6 Å². The Hall–Kier alpha value is -1.69. The molecule has 0 unspecified atom stereocenters. The minimum Gasteiger partial charge on any atom is -0.478 e. The number of hydrogen-bond acceptors (Lipinski definition) is 5. The molecule has 74 valence electrons. The zero-order valence-corrected chi connectivity index (χ0v) is 8.08. The summed E-state index contributed by atoms with van der Waals surface area (Å²) in [6, 6.07) is 0. The molecule has 1 N–H and O–H groups in total. The Morgan fingerprint density at radius 2 is 2.36 bits per heavy atom. The van der Waals surface area contributed by atoms with E-state index in [1.807, 2.05) is 0 Å². The van der Waals surface area contributed by atoms with Crippen LogP contribution in [-0.4, -0.2) is 29.1 Å². The lowest BCUT2D eigenvalue weighted by Crippen LogP contribution is -2.00. The summed E-state index contributed by atoms with van der Waals surface area (Å²) < 4.78 is 4.44. The topological polar surface area (TPSA) is 76.5 Å². The minimum atomic E-state index is -1.06. The highest BCUT2D eigenvalue weighted by Gasteiger charge is 2.08. The van der Waals surface area contributed by atoms with Crippen LogP contribution < -0.4 is 0 Å². The number of rotatable bonds is 3. The number of ether oxygens (including phenoxy) is 1. The first-order chi connectivity index (χ1) is 6.63. The highest BCUT2D eigenvalue weighted by atomic mass is 32.1. The normalized spacial score (nSPS) is 10.4. The van der Waals surface area contributed by atoms with Crippen molar-refractivity contribution in [1.82, 2.24) is 4.98 Å². The molecule has 0 aliphatic carbocycles. The summed E-state index contributed by atoms with van der Waals surface area (Å²) in [6.45, 7) is 0. The predicted octanol–water partition coefficient (Wildman–Crippen LogP) is 1.03. The van der Waals surface area contributed by atoms with Gasteiger partial charge in [0.1, 0.15) is 5.01 Å². The smallest absolute Gasteiger partial charge is 0.357 e. The summed E-state index contributed by atoms with van der Waals surface area (Å²) in [7, 11) is 1.26. The molecule has 0 saturated heterocycles. The summed E-state index contributed by atoms with van der Waals surface area (Å²) in [5, 5.41) is 10.3. The lowest BCUT2D eigenvalue weighted by atomic mass is 10.5. The molecular formula is C8H7NO4S. The van der Waals surface area contributed by atoms with Crippen molar-refractivity contribution in [2.75, 3.05) is 7.11 Å². The fourth-order valence-corrected chi connectivity index (χ4v) is 1.38. The Labute approximate surface area is 83.7 Å². The number of thiazole rings is 1. The van der Waals surface area contributed by atoms with E-state index in [-0.39, 0.29) is 5.69 Å². The molecule has 0 spiro atoms. The molecule has 0 atom stereocenters. The van der Waals surface area contributed by atoms with Crippen LogP contribution in [0.25, 0.3) is 6.08 Å². The van der Waals surface area contributed by atoms with E-state index in [4.69, 9.17) is 5.11 Å². The number of methoxy groups -OCH3 is 1. The molecule has 6 heteroatoms. The van der Waals surface area contributed by atoms with Crippen LogP contribution >= 0.6 is 11.3 Å². The number of nitrogens with zero attached hydrogens (tertiary/aromatic N) is 1. The van der Waals surface area contributed by atoms with E-state index >= 15 is 0 Å². The van der Waals surface area contributed by atoms with E-state index < -0.39 is 11.9 Å². The Morgan fingerprint density at radius 3 is 2.93 bits per heavy atom. The van der Waals surface area contributed by atoms with Gasteiger partial charge in [0.15, 0.2) is 5.69 Å². The maximum atomic E-state index is 10.9. The largest absolute Gasteiger partial charge is 0.478 e. The van der Waals surface area contributed by atoms with Crippen LogP contribution in [0.3, 0.4) is 0 Å². The van der Waals surface area contributed by atoms with E-state index in [0.29, 0.717) is 5.01 Å². The van der Waals surface area contributed by atoms with E-state index in [1.165, 1.54) is 29.9 Å². The average Bonchev–Trinajstić information content (AvgIpc) is 2.62. The number of hydrogen-bond donors (Lipinski definition) is 1. The minimum absolute atomic E-state index is 0.183. The molecule has 14 heavy (non-hydrogen) atoms. The van der Waals surface area contributed by atoms with Crippen LogP contribution in [0.1, 0.15) is 15.5 Å². The second-order valence-electron chi connectivity index (χ2n) is 2.23. The zero-order valence-electron chi connectivity index (χ0n) is 7.26. The second kappa shape index (κ2) is 4.52. The molecule has 1 heterocycles. The number of aromatic nitrogens is 1. The van der Waals surface area contributed by atoms with Gasteiger partial charge in [0.2, 0.25) is 0 Å². The maximum Gasteiger partial charge on any atom is 0.357 e. The van der Waals surface area contributed by atoms with Crippen LogP contribution in [0.5, 0.6) is 0 Å². The lowest BCUT2D eigenvalue weighted by molar-refractivity contribution is -0.131. The summed E-state index contributed by atoms with van der Waals surface area (Å²) in [6.07, 6.45) is 2.28. The summed E-state index contributed by atoms with van der Waals surface area (Å²) >= 11 is 1.17. The Balaban J connectivity index is 2.78. The molecule has 0 aliphatic rings. The Bertz CT molecular complexity index is 382. The Kier molecular flexibility index (Phi) is 3.35. The van der Waals surface area contributed by atoms with Crippen molar-refractivity contribution in [2.24, 2.45) is 0 Å². The molecule has 0 aromatic carbocycles. The predicted molar refractivity (Wildman–Crippen MR) is 50.1 cm³/mol. The van der Waals surface area contributed by atoms with Gasteiger partial charge in [-0.1, -0.05) is 0 Å². The standard InChI is InChI=1S/C8H7NO4S/c1-13-8(12)5-4-14-6(9-5)2-3-7(10)11/h2-4H,1H3,(H,10,11). The van der Waals surface area contributed by atoms with Gasteiger partial charge in [-0.15, -0.1) is 11.3 Å². The summed E-state index contributed by atoms with van der Waals surface area (Å²) in [5.41, 5.74) is 0.183. The van der Waals surface area contributed by atoms with Gasteiger partial charge < -0.3 is 9.84 Å². The number of aliphatic carboxylic acids is 1. The third kappa shape index (κ3) is 2.67. The van der Waals surface area contributed by atoms with Crippen molar-refractivity contribution in [3.63, 3.8) is 0 Å². The SMILES string of the molecule is COC(=O)c1csc(C=CC(=O)O)n1. The summed E-state index contributed by atoms with van der Waals surface area (Å²) in [4.78, 5) is 25.0. The van der Waals surface area contributed by atoms with Gasteiger partial charge in [-0.2, -0.15) is 0 Å². The van der Waals surface area contributed by atoms with Crippen molar-refractivity contribution >= 4 is 29.4 Å². The van der Waals surface area contributed by atoms with Gasteiger partial charge >= 0.3 is 11.9 Å². The van der Waals surface area contributed by atoms with E-state index in [2.05, 4.69) is 9.72 Å². The van der Waals surface area contributed by atoms with E-state index in [9.17, 15) is 9.59 Å². The molecule has 0 amide bonds. The van der Waals surface area contributed by atoms with E-state index in [1.54, 1.807) is 0 Å². The fourth-order valence-electron chi connectivity index (χ4n) is 0.705. The second-order valence-corrected chi connectivity index (χ2v) is 3.12. The number of carbonyl (C=O) groups is 2. The first kappa shape index (κ1) is 10.4. The summed E-state index contributed by atoms with van der Waals surface area (Å²) in [5.74, 6) is -1.59. The molecular weight excluding hydrogens is 206 g/mol. The van der Waals surface area contributed by atoms with Crippen LogP contribution in [0, 0.1) is 0 Å². The quantitative estimate of drug-likeness (QED) is 0.599. The number of esters is 1. The third-order valence-corrected chi connectivity index (χ3v) is 2.09. The van der Waals surface area contributed by atoms with Crippen molar-refractivity contribution in [1.29, 1.82) is 0 Å². The fraction of sp³-hybridized carbons (Fsp3) is 0.125. The van der Waals surface area contributed by atoms with Gasteiger partial charge in [0.05, 0.1) is 7.11 Å². The highest BCUT2D eigenvalue weighted by molar-refractivity contribution is 7.10. The molecule has 0 fully saturated rings. The van der Waals surface area contributed by atoms with Gasteiger partial charge in [0, 0.05) is 11.5 Å². The van der Waals surface area contributed by atoms with Gasteiger partial charge in [-0.05, 0) is 6.08 Å². The number of carbonyl (C=O) groups excluding carboxylic acids is 1. The molecule has 1 aromatic heterocycles. The van der Waals surface area contributed by atoms with Crippen LogP contribution in [0.15, 0.2) is 11.5 Å².